The van der Waals surface area contributed by atoms with E-state index in [9.17, 15) is 9.59 Å². The number of hydrogen-bond donors (Lipinski definition) is 2. The summed E-state index contributed by atoms with van der Waals surface area (Å²) in [6, 6.07) is 7.60. The zero-order chi connectivity index (χ0) is 15.2. The summed E-state index contributed by atoms with van der Waals surface area (Å²) in [6.45, 7) is 2.56. The lowest BCUT2D eigenvalue weighted by molar-refractivity contribution is -0.133. The van der Waals surface area contributed by atoms with Gasteiger partial charge in [-0.3, -0.25) is 9.36 Å². The van der Waals surface area contributed by atoms with Crippen molar-refractivity contribution in [3.8, 4) is 5.75 Å². The number of nitrogens with zero attached hydrogens (tertiary/aromatic N) is 2. The Kier molecular flexibility index (Phi) is 5.04. The first-order valence-corrected chi connectivity index (χ1v) is 7.24. The van der Waals surface area contributed by atoms with Gasteiger partial charge in [-0.05, 0) is 24.6 Å². The van der Waals surface area contributed by atoms with Crippen molar-refractivity contribution in [2.24, 2.45) is 0 Å². The highest BCUT2D eigenvalue weighted by Crippen LogP contribution is 2.14. The Morgan fingerprint density at radius 3 is 3.05 bits per heavy atom. The molecule has 112 valence electrons. The number of H-pyrrole nitrogens is 1. The summed E-state index contributed by atoms with van der Waals surface area (Å²) >= 11 is 0.990. The van der Waals surface area contributed by atoms with E-state index in [1.165, 1.54) is 4.57 Å². The molecule has 2 N–H and O–H groups in total. The van der Waals surface area contributed by atoms with E-state index >= 15 is 0 Å². The fourth-order valence-corrected chi connectivity index (χ4v) is 2.39. The number of carboxylic acids is 1. The highest BCUT2D eigenvalue weighted by Gasteiger charge is 2.10. The Balaban J connectivity index is 1.95. The molecule has 2 aromatic rings. The van der Waals surface area contributed by atoms with Gasteiger partial charge in [0, 0.05) is 0 Å². The number of aliphatic carboxylic acids is 1. The minimum absolute atomic E-state index is 0.150. The molecule has 0 aliphatic carbocycles. The quantitative estimate of drug-likeness (QED) is 0.744. The van der Waals surface area contributed by atoms with Crippen molar-refractivity contribution in [1.82, 2.24) is 14.8 Å². The van der Waals surface area contributed by atoms with Crippen LogP contribution in [0.15, 0.2) is 34.2 Å². The van der Waals surface area contributed by atoms with Gasteiger partial charge in [-0.25, -0.2) is 9.89 Å². The Bertz CT molecular complexity index is 680. The van der Waals surface area contributed by atoms with E-state index in [-0.39, 0.29) is 11.4 Å². The van der Waals surface area contributed by atoms with Crippen LogP contribution in [0, 0.1) is 6.92 Å². The third-order valence-electron chi connectivity index (χ3n) is 2.62. The van der Waals surface area contributed by atoms with E-state index in [0.717, 1.165) is 23.1 Å². The van der Waals surface area contributed by atoms with E-state index in [1.807, 2.05) is 31.2 Å². The molecule has 0 atom stereocenters. The first-order valence-electron chi connectivity index (χ1n) is 6.25. The molecule has 8 heteroatoms. The molecule has 21 heavy (non-hydrogen) atoms. The second kappa shape index (κ2) is 6.98. The summed E-state index contributed by atoms with van der Waals surface area (Å²) in [4.78, 5) is 22.2. The molecule has 0 saturated heterocycles. The zero-order valence-electron chi connectivity index (χ0n) is 11.4. The number of carbonyl (C=O) groups is 1. The maximum atomic E-state index is 11.6. The van der Waals surface area contributed by atoms with Gasteiger partial charge in [-0.15, -0.1) is 5.10 Å². The van der Waals surface area contributed by atoms with Crippen molar-refractivity contribution in [3.05, 3.63) is 40.3 Å². The maximum Gasteiger partial charge on any atom is 0.344 e. The first kappa shape index (κ1) is 15.2. The minimum atomic E-state index is -0.960. The summed E-state index contributed by atoms with van der Waals surface area (Å²) in [5.41, 5.74) is 0.710. The average molecular weight is 309 g/mol. The van der Waals surface area contributed by atoms with E-state index in [1.54, 1.807) is 0 Å². The summed E-state index contributed by atoms with van der Waals surface area (Å²) in [5.74, 6) is -0.382. The number of aryl methyl sites for hydroxylation is 1. The normalized spacial score (nSPS) is 10.5. The highest BCUT2D eigenvalue weighted by molar-refractivity contribution is 7.99. The lowest BCUT2D eigenvalue weighted by Gasteiger charge is -2.08. The van der Waals surface area contributed by atoms with Crippen molar-refractivity contribution < 1.29 is 14.6 Å². The third kappa shape index (κ3) is 4.38. The molecule has 1 aromatic heterocycles. The van der Waals surface area contributed by atoms with Crippen LogP contribution in [-0.2, 0) is 11.3 Å². The monoisotopic (exact) mass is 309 g/mol. The molecule has 2 rings (SSSR count). The van der Waals surface area contributed by atoms with Crippen LogP contribution < -0.4 is 10.4 Å². The zero-order valence-corrected chi connectivity index (χ0v) is 12.2. The molecule has 0 unspecified atom stereocenters. The van der Waals surface area contributed by atoms with E-state index in [2.05, 4.69) is 10.2 Å². The molecule has 0 aliphatic heterocycles. The molecular weight excluding hydrogens is 294 g/mol. The van der Waals surface area contributed by atoms with Crippen LogP contribution in [0.1, 0.15) is 5.56 Å². The standard InChI is InChI=1S/C13H15N3O4S/c1-9-3-2-4-10(7-9)20-6-5-16-12(19)14-15-13(16)21-8-11(17)18/h2-4,7H,5-6,8H2,1H3,(H,14,19)(H,17,18). The summed E-state index contributed by atoms with van der Waals surface area (Å²) in [7, 11) is 0. The molecule has 0 aliphatic rings. The molecule has 7 nitrogen and oxygen atoms in total. The number of benzene rings is 1. The van der Waals surface area contributed by atoms with Gasteiger partial charge in [0.2, 0.25) is 0 Å². The number of thioether (sulfide) groups is 1. The third-order valence-corrected chi connectivity index (χ3v) is 3.58. The number of hydrogen-bond acceptors (Lipinski definition) is 5. The Labute approximate surface area is 124 Å². The fraction of sp³-hybridized carbons (Fsp3) is 0.308. The summed E-state index contributed by atoms with van der Waals surface area (Å²) in [5, 5.41) is 15.1. The first-order chi connectivity index (χ1) is 10.1. The summed E-state index contributed by atoms with van der Waals surface area (Å²) < 4.78 is 6.93. The van der Waals surface area contributed by atoms with Gasteiger partial charge in [0.25, 0.3) is 0 Å². The summed E-state index contributed by atoms with van der Waals surface area (Å²) in [6.07, 6.45) is 0. The molecular formula is C13H15N3O4S. The van der Waals surface area contributed by atoms with E-state index < -0.39 is 5.97 Å². The van der Waals surface area contributed by atoms with Crippen LogP contribution in [-0.4, -0.2) is 38.2 Å². The van der Waals surface area contributed by atoms with Crippen LogP contribution in [0.5, 0.6) is 5.75 Å². The second-order valence-electron chi connectivity index (χ2n) is 4.31. The van der Waals surface area contributed by atoms with Crippen LogP contribution >= 0.6 is 11.8 Å². The molecule has 0 saturated carbocycles. The van der Waals surface area contributed by atoms with Crippen molar-refractivity contribution in [2.45, 2.75) is 18.6 Å². The number of ether oxygens (including phenoxy) is 1. The van der Waals surface area contributed by atoms with E-state index in [4.69, 9.17) is 9.84 Å². The van der Waals surface area contributed by atoms with Gasteiger partial charge < -0.3 is 9.84 Å². The average Bonchev–Trinajstić information content (AvgIpc) is 2.78. The second-order valence-corrected chi connectivity index (χ2v) is 5.25. The number of aromatic nitrogens is 3. The highest BCUT2D eigenvalue weighted by atomic mass is 32.2. The van der Waals surface area contributed by atoms with Gasteiger partial charge in [0.15, 0.2) is 5.16 Å². The SMILES string of the molecule is Cc1cccc(OCCn2c(SCC(=O)O)n[nH]c2=O)c1. The number of aromatic amines is 1. The van der Waals surface area contributed by atoms with E-state index in [0.29, 0.717) is 18.3 Å². The Hall–Kier alpha value is -2.22. The van der Waals surface area contributed by atoms with Gasteiger partial charge in [0.05, 0.1) is 12.3 Å². The largest absolute Gasteiger partial charge is 0.492 e. The van der Waals surface area contributed by atoms with Crippen LogP contribution in [0.25, 0.3) is 0 Å². The smallest absolute Gasteiger partial charge is 0.344 e. The van der Waals surface area contributed by atoms with Gasteiger partial charge in [-0.2, -0.15) is 0 Å². The predicted octanol–water partition coefficient (Wildman–Crippen LogP) is 1.14. The lowest BCUT2D eigenvalue weighted by atomic mass is 10.2. The molecule has 0 fully saturated rings. The fourth-order valence-electron chi connectivity index (χ4n) is 1.70. The molecule has 1 aromatic carbocycles. The number of nitrogens with one attached hydrogen (secondary N) is 1. The topological polar surface area (TPSA) is 97.2 Å². The molecule has 0 bridgehead atoms. The van der Waals surface area contributed by atoms with Gasteiger partial charge in [-0.1, -0.05) is 23.9 Å². The minimum Gasteiger partial charge on any atom is -0.492 e. The molecule has 0 spiro atoms. The number of rotatable bonds is 7. The Morgan fingerprint density at radius 2 is 2.33 bits per heavy atom. The van der Waals surface area contributed by atoms with Crippen molar-refractivity contribution >= 4 is 17.7 Å². The molecule has 0 amide bonds. The predicted molar refractivity (Wildman–Crippen MR) is 77.9 cm³/mol. The maximum absolute atomic E-state index is 11.6. The van der Waals surface area contributed by atoms with Crippen molar-refractivity contribution in [1.29, 1.82) is 0 Å². The van der Waals surface area contributed by atoms with Gasteiger partial charge in [0.1, 0.15) is 12.4 Å². The van der Waals surface area contributed by atoms with Crippen LogP contribution in [0.2, 0.25) is 0 Å². The number of carboxylic acid groups (broad SMARTS) is 1. The van der Waals surface area contributed by atoms with Crippen molar-refractivity contribution in [2.75, 3.05) is 12.4 Å². The van der Waals surface area contributed by atoms with Crippen molar-refractivity contribution in [3.63, 3.8) is 0 Å². The Morgan fingerprint density at radius 1 is 1.52 bits per heavy atom. The molecule has 0 radical (unpaired) electrons. The van der Waals surface area contributed by atoms with Gasteiger partial charge >= 0.3 is 11.7 Å². The lowest BCUT2D eigenvalue weighted by Crippen LogP contribution is -2.21. The van der Waals surface area contributed by atoms with Crippen LogP contribution in [0.3, 0.4) is 0 Å². The molecule has 1 heterocycles. The van der Waals surface area contributed by atoms with Crippen LogP contribution in [0.4, 0.5) is 0 Å².